The summed E-state index contributed by atoms with van der Waals surface area (Å²) < 4.78 is 0. The molecule has 1 aromatic carbocycles. The van der Waals surface area contributed by atoms with Crippen molar-refractivity contribution in [2.24, 2.45) is 11.8 Å². The maximum atomic E-state index is 13.3. The Bertz CT molecular complexity index is 993. The zero-order valence-corrected chi connectivity index (χ0v) is 16.2. The van der Waals surface area contributed by atoms with Gasteiger partial charge in [-0.15, -0.1) is 0 Å². The van der Waals surface area contributed by atoms with Gasteiger partial charge < -0.3 is 0 Å². The fourth-order valence-corrected chi connectivity index (χ4v) is 5.11. The Balaban J connectivity index is 1.34. The van der Waals surface area contributed by atoms with Crippen molar-refractivity contribution >= 4 is 11.9 Å². The maximum absolute atomic E-state index is 13.3. The Morgan fingerprint density at radius 3 is 2.68 bits per heavy atom. The molecule has 0 N–H and O–H groups in total. The van der Waals surface area contributed by atoms with Crippen LogP contribution in [0.4, 0.5) is 0 Å². The largest absolute Gasteiger partial charge is 0.299 e. The van der Waals surface area contributed by atoms with Crippen LogP contribution in [0.5, 0.6) is 0 Å². The third-order valence-corrected chi connectivity index (χ3v) is 6.64. The van der Waals surface area contributed by atoms with E-state index in [2.05, 4.69) is 72.9 Å². The first kappa shape index (κ1) is 17.4. The van der Waals surface area contributed by atoms with Crippen LogP contribution in [-0.4, -0.2) is 5.78 Å². The van der Waals surface area contributed by atoms with Crippen LogP contribution >= 0.6 is 0 Å². The molecule has 0 aliphatic heterocycles. The van der Waals surface area contributed by atoms with Gasteiger partial charge in [-0.05, 0) is 65.9 Å². The normalized spacial score (nSPS) is 24.5. The number of carbonyl (C=O) groups excluding carboxylic acids is 1. The Kier molecular flexibility index (Phi) is 4.60. The van der Waals surface area contributed by atoms with Gasteiger partial charge in [0.2, 0.25) is 0 Å². The quantitative estimate of drug-likeness (QED) is 0.595. The van der Waals surface area contributed by atoms with Gasteiger partial charge in [0.1, 0.15) is 5.78 Å². The Morgan fingerprint density at radius 1 is 0.964 bits per heavy atom. The zero-order valence-electron chi connectivity index (χ0n) is 16.2. The van der Waals surface area contributed by atoms with Crippen molar-refractivity contribution in [1.29, 1.82) is 0 Å². The second kappa shape index (κ2) is 7.39. The molecule has 4 aliphatic rings. The maximum Gasteiger partial charge on any atom is 0.140 e. The smallest absolute Gasteiger partial charge is 0.140 e. The predicted molar refractivity (Wildman–Crippen MR) is 116 cm³/mol. The first-order valence-corrected chi connectivity index (χ1v) is 10.5. The number of carbonyl (C=O) groups is 1. The van der Waals surface area contributed by atoms with E-state index in [9.17, 15) is 4.79 Å². The molecule has 0 saturated heterocycles. The minimum atomic E-state index is 0.0370. The molecule has 2 unspecified atom stereocenters. The molecule has 0 radical (unpaired) electrons. The van der Waals surface area contributed by atoms with Crippen molar-refractivity contribution in [3.05, 3.63) is 100 Å². The summed E-state index contributed by atoms with van der Waals surface area (Å²) in [6.07, 6.45) is 25.4. The number of ketones is 1. The molecule has 1 heteroatoms. The van der Waals surface area contributed by atoms with Gasteiger partial charge in [0.25, 0.3) is 0 Å². The third-order valence-electron chi connectivity index (χ3n) is 6.64. The predicted octanol–water partition coefficient (Wildman–Crippen LogP) is 6.09. The molecule has 0 fully saturated rings. The fourth-order valence-electron chi connectivity index (χ4n) is 5.11. The lowest BCUT2D eigenvalue weighted by molar-refractivity contribution is -0.122. The second-order valence-electron chi connectivity index (χ2n) is 8.29. The summed E-state index contributed by atoms with van der Waals surface area (Å²) in [5.41, 5.74) is 8.29. The summed E-state index contributed by atoms with van der Waals surface area (Å²) in [5.74, 6) is 0.786. The van der Waals surface area contributed by atoms with E-state index < -0.39 is 0 Å². The number of aryl methyl sites for hydroxylation is 1. The van der Waals surface area contributed by atoms with Crippen molar-refractivity contribution in [1.82, 2.24) is 0 Å². The van der Waals surface area contributed by atoms with Crippen LogP contribution < -0.4 is 0 Å². The fraction of sp³-hybridized carbons (Fsp3) is 0.296. The lowest BCUT2D eigenvalue weighted by Crippen LogP contribution is -2.20. The number of benzene rings is 1. The highest BCUT2D eigenvalue weighted by atomic mass is 16.1. The molecule has 28 heavy (non-hydrogen) atoms. The highest BCUT2D eigenvalue weighted by Crippen LogP contribution is 2.43. The third kappa shape index (κ3) is 3.20. The van der Waals surface area contributed by atoms with Crippen molar-refractivity contribution < 1.29 is 4.79 Å². The number of hydrogen-bond donors (Lipinski definition) is 0. The van der Waals surface area contributed by atoms with Gasteiger partial charge in [-0.3, -0.25) is 4.79 Å². The lowest BCUT2D eigenvalue weighted by Gasteiger charge is -2.20. The van der Waals surface area contributed by atoms with E-state index in [1.807, 2.05) is 0 Å². The van der Waals surface area contributed by atoms with Crippen LogP contribution in [0.15, 0.2) is 83.5 Å². The molecule has 0 heterocycles. The van der Waals surface area contributed by atoms with Gasteiger partial charge in [-0.2, -0.15) is 0 Å². The Hall–Kier alpha value is -2.67. The van der Waals surface area contributed by atoms with Gasteiger partial charge >= 0.3 is 0 Å². The van der Waals surface area contributed by atoms with E-state index in [4.69, 9.17) is 0 Å². The first-order chi connectivity index (χ1) is 13.8. The van der Waals surface area contributed by atoms with Crippen molar-refractivity contribution in [2.75, 3.05) is 0 Å². The SMILES string of the molecule is O=C(CCc1cccc2c1C=CC2)C1C=C(C2=CC=CC2)CC1C1=CC=CC1. The molecule has 4 aliphatic carbocycles. The van der Waals surface area contributed by atoms with Gasteiger partial charge in [0, 0.05) is 12.3 Å². The van der Waals surface area contributed by atoms with Crippen LogP contribution in [0.3, 0.4) is 0 Å². The highest BCUT2D eigenvalue weighted by molar-refractivity contribution is 5.85. The van der Waals surface area contributed by atoms with Crippen LogP contribution in [0.2, 0.25) is 0 Å². The molecule has 5 rings (SSSR count). The molecule has 1 aromatic rings. The molecule has 140 valence electrons. The van der Waals surface area contributed by atoms with E-state index in [-0.39, 0.29) is 5.92 Å². The first-order valence-electron chi connectivity index (χ1n) is 10.5. The van der Waals surface area contributed by atoms with Crippen molar-refractivity contribution in [3.63, 3.8) is 0 Å². The van der Waals surface area contributed by atoms with E-state index in [0.717, 1.165) is 32.1 Å². The highest BCUT2D eigenvalue weighted by Gasteiger charge is 2.35. The van der Waals surface area contributed by atoms with Gasteiger partial charge in [-0.1, -0.05) is 78.5 Å². The van der Waals surface area contributed by atoms with Crippen LogP contribution in [0.25, 0.3) is 6.08 Å². The number of hydrogen-bond acceptors (Lipinski definition) is 1. The molecular weight excluding hydrogens is 340 g/mol. The molecule has 0 aromatic heterocycles. The van der Waals surface area contributed by atoms with Crippen LogP contribution in [0, 0.1) is 11.8 Å². The Labute approximate surface area is 167 Å². The van der Waals surface area contributed by atoms with Crippen LogP contribution in [0.1, 0.15) is 42.4 Å². The summed E-state index contributed by atoms with van der Waals surface area (Å²) in [6, 6.07) is 6.52. The number of allylic oxidation sites excluding steroid dienone is 11. The summed E-state index contributed by atoms with van der Waals surface area (Å²) in [4.78, 5) is 13.3. The monoisotopic (exact) mass is 366 g/mol. The van der Waals surface area contributed by atoms with E-state index in [1.54, 1.807) is 0 Å². The summed E-state index contributed by atoms with van der Waals surface area (Å²) in [7, 11) is 0. The molecule has 0 amide bonds. The molecule has 1 nitrogen and oxygen atoms in total. The van der Waals surface area contributed by atoms with Gasteiger partial charge in [0.05, 0.1) is 0 Å². The van der Waals surface area contributed by atoms with Gasteiger partial charge in [0.15, 0.2) is 0 Å². The van der Waals surface area contributed by atoms with Gasteiger partial charge in [-0.25, -0.2) is 0 Å². The minimum absolute atomic E-state index is 0.0370. The minimum Gasteiger partial charge on any atom is -0.299 e. The van der Waals surface area contributed by atoms with Crippen LogP contribution in [-0.2, 0) is 17.6 Å². The molecule has 2 atom stereocenters. The van der Waals surface area contributed by atoms with E-state index in [0.29, 0.717) is 18.1 Å². The average molecular weight is 367 g/mol. The summed E-state index contributed by atoms with van der Waals surface area (Å²) in [6.45, 7) is 0. The standard InChI is InChI=1S/C27H26O/c28-27(16-15-22-12-5-11-20-13-6-14-24(20)22)26-18-23(19-7-1-2-8-19)17-25(26)21-9-3-4-10-21/h1-7,9,11-12,14,18,25-26H,8,10,13,15-17H2. The zero-order chi connectivity index (χ0) is 18.9. The topological polar surface area (TPSA) is 17.1 Å². The average Bonchev–Trinajstić information content (AvgIpc) is 3.49. The molecule has 0 saturated carbocycles. The molecule has 0 spiro atoms. The van der Waals surface area contributed by atoms with E-state index >= 15 is 0 Å². The Morgan fingerprint density at radius 2 is 1.86 bits per heavy atom. The summed E-state index contributed by atoms with van der Waals surface area (Å²) in [5, 5.41) is 0. The second-order valence-corrected chi connectivity index (χ2v) is 8.29. The van der Waals surface area contributed by atoms with Crippen molar-refractivity contribution in [3.8, 4) is 0 Å². The molecular formula is C27H26O. The lowest BCUT2D eigenvalue weighted by atomic mass is 9.82. The molecule has 0 bridgehead atoms. The number of fused-ring (bicyclic) bond motifs is 1. The van der Waals surface area contributed by atoms with Crippen molar-refractivity contribution in [2.45, 2.75) is 38.5 Å². The summed E-state index contributed by atoms with van der Waals surface area (Å²) >= 11 is 0. The number of rotatable bonds is 6. The van der Waals surface area contributed by atoms with E-state index in [1.165, 1.54) is 33.4 Å². The number of Topliss-reactive ketones (excluding diaryl/α,β-unsaturated/α-hetero) is 1.